The van der Waals surface area contributed by atoms with Crippen LogP contribution in [0.3, 0.4) is 0 Å². The molecule has 1 rings (SSSR count). The van der Waals surface area contributed by atoms with Gasteiger partial charge in [0.2, 0.25) is 0 Å². The first-order valence-corrected chi connectivity index (χ1v) is 3.83. The lowest BCUT2D eigenvalue weighted by atomic mass is 10.3. The highest BCUT2D eigenvalue weighted by molar-refractivity contribution is 4.92. The second-order valence-corrected chi connectivity index (χ2v) is 3.01. The number of nitrogens with one attached hydrogen (secondary N) is 1. The quantitative estimate of drug-likeness (QED) is 0.677. The van der Waals surface area contributed by atoms with Gasteiger partial charge in [0.1, 0.15) is 0 Å². The SMILES string of the molecule is CCC1CC1NCC(F)(F)F. The van der Waals surface area contributed by atoms with Crippen molar-refractivity contribution in [1.82, 2.24) is 5.32 Å². The first kappa shape index (κ1) is 8.84. The first-order valence-electron chi connectivity index (χ1n) is 3.83. The van der Waals surface area contributed by atoms with E-state index >= 15 is 0 Å². The van der Waals surface area contributed by atoms with Gasteiger partial charge in [-0.25, -0.2) is 0 Å². The maximum Gasteiger partial charge on any atom is 0.401 e. The number of hydrogen-bond acceptors (Lipinski definition) is 1. The van der Waals surface area contributed by atoms with Crippen molar-refractivity contribution in [2.75, 3.05) is 6.54 Å². The van der Waals surface area contributed by atoms with Gasteiger partial charge in [0, 0.05) is 6.04 Å². The molecule has 1 fully saturated rings. The molecule has 4 heteroatoms. The number of halogens is 3. The monoisotopic (exact) mass is 167 g/mol. The van der Waals surface area contributed by atoms with E-state index < -0.39 is 12.7 Å². The molecule has 0 radical (unpaired) electrons. The van der Waals surface area contributed by atoms with Gasteiger partial charge in [0.25, 0.3) is 0 Å². The Balaban J connectivity index is 2.06. The lowest BCUT2D eigenvalue weighted by Crippen LogP contribution is -2.31. The molecule has 2 atom stereocenters. The van der Waals surface area contributed by atoms with Crippen molar-refractivity contribution in [3.63, 3.8) is 0 Å². The number of hydrogen-bond donors (Lipinski definition) is 1. The third-order valence-electron chi connectivity index (χ3n) is 2.01. The van der Waals surface area contributed by atoms with Crippen molar-refractivity contribution in [3.05, 3.63) is 0 Å². The normalized spacial score (nSPS) is 30.5. The summed E-state index contributed by atoms with van der Waals surface area (Å²) in [7, 11) is 0. The fourth-order valence-electron chi connectivity index (χ4n) is 1.20. The van der Waals surface area contributed by atoms with Crippen molar-refractivity contribution < 1.29 is 13.2 Å². The van der Waals surface area contributed by atoms with Crippen molar-refractivity contribution in [2.24, 2.45) is 5.92 Å². The van der Waals surface area contributed by atoms with Crippen LogP contribution in [0.15, 0.2) is 0 Å². The van der Waals surface area contributed by atoms with Crippen LogP contribution >= 0.6 is 0 Å². The predicted octanol–water partition coefficient (Wildman–Crippen LogP) is 1.94. The van der Waals surface area contributed by atoms with E-state index in [1.807, 2.05) is 6.92 Å². The zero-order chi connectivity index (χ0) is 8.48. The largest absolute Gasteiger partial charge is 0.401 e. The Hall–Kier alpha value is -0.250. The fourth-order valence-corrected chi connectivity index (χ4v) is 1.20. The van der Waals surface area contributed by atoms with E-state index in [4.69, 9.17) is 0 Å². The lowest BCUT2D eigenvalue weighted by Gasteiger charge is -2.06. The molecule has 0 aromatic rings. The van der Waals surface area contributed by atoms with Gasteiger partial charge in [-0.15, -0.1) is 0 Å². The summed E-state index contributed by atoms with van der Waals surface area (Å²) >= 11 is 0. The maximum atomic E-state index is 11.6. The Kier molecular flexibility index (Phi) is 2.42. The van der Waals surface area contributed by atoms with Gasteiger partial charge in [-0.3, -0.25) is 0 Å². The van der Waals surface area contributed by atoms with Gasteiger partial charge in [0.05, 0.1) is 6.54 Å². The zero-order valence-electron chi connectivity index (χ0n) is 6.41. The van der Waals surface area contributed by atoms with Crippen LogP contribution in [0.1, 0.15) is 19.8 Å². The highest BCUT2D eigenvalue weighted by Gasteiger charge is 2.38. The van der Waals surface area contributed by atoms with Crippen LogP contribution in [0.4, 0.5) is 13.2 Å². The number of alkyl halides is 3. The first-order chi connectivity index (χ1) is 5.03. The van der Waals surface area contributed by atoms with Gasteiger partial charge < -0.3 is 5.32 Å². The minimum Gasteiger partial charge on any atom is -0.306 e. The van der Waals surface area contributed by atoms with Crippen molar-refractivity contribution in [3.8, 4) is 0 Å². The zero-order valence-corrected chi connectivity index (χ0v) is 6.41. The summed E-state index contributed by atoms with van der Waals surface area (Å²) in [6.45, 7) is 1.16. The van der Waals surface area contributed by atoms with Gasteiger partial charge in [-0.2, -0.15) is 13.2 Å². The predicted molar refractivity (Wildman–Crippen MR) is 36.2 cm³/mol. The molecule has 0 aliphatic heterocycles. The summed E-state index contributed by atoms with van der Waals surface area (Å²) in [4.78, 5) is 0. The highest BCUT2D eigenvalue weighted by atomic mass is 19.4. The second-order valence-electron chi connectivity index (χ2n) is 3.01. The Morgan fingerprint density at radius 3 is 2.45 bits per heavy atom. The van der Waals surface area contributed by atoms with Gasteiger partial charge >= 0.3 is 6.18 Å². The molecule has 1 nitrogen and oxygen atoms in total. The van der Waals surface area contributed by atoms with Crippen LogP contribution in [0.5, 0.6) is 0 Å². The molecular formula is C7H12F3N. The van der Waals surface area contributed by atoms with Gasteiger partial charge in [-0.05, 0) is 12.3 Å². The van der Waals surface area contributed by atoms with Crippen LogP contribution in [-0.2, 0) is 0 Å². The van der Waals surface area contributed by atoms with Crippen molar-refractivity contribution in [2.45, 2.75) is 32.0 Å². The van der Waals surface area contributed by atoms with Crippen LogP contribution < -0.4 is 5.32 Å². The smallest absolute Gasteiger partial charge is 0.306 e. The molecular weight excluding hydrogens is 155 g/mol. The second kappa shape index (κ2) is 3.01. The van der Waals surface area contributed by atoms with E-state index in [2.05, 4.69) is 5.32 Å². The van der Waals surface area contributed by atoms with E-state index in [1.165, 1.54) is 0 Å². The fraction of sp³-hybridized carbons (Fsp3) is 1.00. The Bertz CT molecular complexity index is 132. The third kappa shape index (κ3) is 3.10. The summed E-state index contributed by atoms with van der Waals surface area (Å²) in [5.74, 6) is 0.484. The third-order valence-corrected chi connectivity index (χ3v) is 2.01. The topological polar surface area (TPSA) is 12.0 Å². The molecule has 1 aliphatic rings. The molecule has 11 heavy (non-hydrogen) atoms. The molecule has 1 aliphatic carbocycles. The summed E-state index contributed by atoms with van der Waals surface area (Å²) in [6.07, 6.45) is -2.16. The molecule has 0 spiro atoms. The average molecular weight is 167 g/mol. The standard InChI is InChI=1S/C7H12F3N/c1-2-5-3-6(5)11-4-7(8,9)10/h5-6,11H,2-4H2,1H3. The molecule has 66 valence electrons. The molecule has 0 amide bonds. The molecule has 2 unspecified atom stereocenters. The lowest BCUT2D eigenvalue weighted by molar-refractivity contribution is -0.125. The summed E-state index contributed by atoms with van der Waals surface area (Å²) < 4.78 is 34.8. The van der Waals surface area contributed by atoms with Crippen molar-refractivity contribution in [1.29, 1.82) is 0 Å². The molecule has 0 saturated heterocycles. The van der Waals surface area contributed by atoms with Crippen molar-refractivity contribution >= 4 is 0 Å². The maximum absolute atomic E-state index is 11.6. The average Bonchev–Trinajstić information content (AvgIpc) is 2.60. The van der Waals surface area contributed by atoms with Gasteiger partial charge in [-0.1, -0.05) is 13.3 Å². The van der Waals surface area contributed by atoms with E-state index in [1.54, 1.807) is 0 Å². The minimum atomic E-state index is -4.05. The molecule has 1 N–H and O–H groups in total. The van der Waals surface area contributed by atoms with Crippen LogP contribution in [-0.4, -0.2) is 18.8 Å². The highest BCUT2D eigenvalue weighted by Crippen LogP contribution is 2.33. The van der Waals surface area contributed by atoms with E-state index in [-0.39, 0.29) is 6.04 Å². The Morgan fingerprint density at radius 2 is 2.09 bits per heavy atom. The van der Waals surface area contributed by atoms with Crippen LogP contribution in [0.25, 0.3) is 0 Å². The summed E-state index contributed by atoms with van der Waals surface area (Å²) in [5, 5.41) is 2.47. The molecule has 0 aromatic heterocycles. The van der Waals surface area contributed by atoms with Crippen LogP contribution in [0.2, 0.25) is 0 Å². The molecule has 0 bridgehead atoms. The van der Waals surface area contributed by atoms with E-state index in [0.717, 1.165) is 12.8 Å². The molecule has 0 heterocycles. The minimum absolute atomic E-state index is 0.127. The Labute approximate surface area is 64.0 Å². The molecule has 1 saturated carbocycles. The summed E-state index contributed by atoms with van der Waals surface area (Å²) in [6, 6.07) is 0.127. The Morgan fingerprint density at radius 1 is 1.45 bits per heavy atom. The molecule has 0 aromatic carbocycles. The van der Waals surface area contributed by atoms with E-state index in [0.29, 0.717) is 5.92 Å². The van der Waals surface area contributed by atoms with E-state index in [9.17, 15) is 13.2 Å². The van der Waals surface area contributed by atoms with Crippen LogP contribution in [0, 0.1) is 5.92 Å². The number of rotatable bonds is 3. The van der Waals surface area contributed by atoms with Gasteiger partial charge in [0.15, 0.2) is 0 Å². The summed E-state index contributed by atoms with van der Waals surface area (Å²) in [5.41, 5.74) is 0.